The van der Waals surface area contributed by atoms with Gasteiger partial charge in [0.15, 0.2) is 0 Å². The Morgan fingerprint density at radius 1 is 1.35 bits per heavy atom. The van der Waals surface area contributed by atoms with Crippen LogP contribution in [0.4, 0.5) is 0 Å². The Morgan fingerprint density at radius 3 is 2.88 bits per heavy atom. The van der Waals surface area contributed by atoms with Crippen molar-refractivity contribution in [3.8, 4) is 0 Å². The maximum absolute atomic E-state index is 11.5. The van der Waals surface area contributed by atoms with E-state index in [1.54, 1.807) is 30.6 Å². The van der Waals surface area contributed by atoms with Gasteiger partial charge in [-0.3, -0.25) is 0 Å². The summed E-state index contributed by atoms with van der Waals surface area (Å²) in [5.74, 6) is -0.371. The normalized spacial score (nSPS) is 9.94. The van der Waals surface area contributed by atoms with E-state index < -0.39 is 0 Å². The third-order valence-corrected chi connectivity index (χ3v) is 2.26. The predicted molar refractivity (Wildman–Crippen MR) is 60.3 cm³/mol. The average Bonchev–Trinajstić information content (AvgIpc) is 2.89. The zero-order chi connectivity index (χ0) is 12.1. The summed E-state index contributed by atoms with van der Waals surface area (Å²) in [5, 5.41) is 3.90. The highest BCUT2D eigenvalue weighted by Gasteiger charge is 2.11. The summed E-state index contributed by atoms with van der Waals surface area (Å²) < 4.78 is 4.70. The molecular formula is C12H12N2O3. The van der Waals surface area contributed by atoms with Gasteiger partial charge < -0.3 is 9.57 Å². The van der Waals surface area contributed by atoms with E-state index in [2.05, 4.69) is 5.10 Å². The summed E-state index contributed by atoms with van der Waals surface area (Å²) in [6.45, 7) is 0.257. The lowest BCUT2D eigenvalue weighted by Crippen LogP contribution is -2.14. The molecule has 2 aromatic rings. The van der Waals surface area contributed by atoms with Gasteiger partial charge >= 0.3 is 5.97 Å². The number of carbonyl (C=O) groups excluding carboxylic acids is 1. The van der Waals surface area contributed by atoms with Crippen LogP contribution < -0.4 is 4.84 Å². The first-order valence-electron chi connectivity index (χ1n) is 5.10. The molecule has 0 aliphatic heterocycles. The summed E-state index contributed by atoms with van der Waals surface area (Å²) in [4.78, 5) is 18.2. The molecule has 0 saturated carbocycles. The Hall–Kier alpha value is -2.30. The molecule has 0 amide bonds. The highest BCUT2D eigenvalue weighted by molar-refractivity contribution is 5.90. The number of rotatable bonds is 4. The molecule has 0 aliphatic carbocycles. The first kappa shape index (κ1) is 11.2. The van der Waals surface area contributed by atoms with E-state index in [9.17, 15) is 4.79 Å². The van der Waals surface area contributed by atoms with E-state index in [4.69, 9.17) is 9.57 Å². The minimum Gasteiger partial charge on any atom is -0.465 e. The number of ether oxygens (including phenoxy) is 1. The molecule has 2 rings (SSSR count). The second-order valence-corrected chi connectivity index (χ2v) is 3.33. The molecule has 1 aromatic heterocycles. The monoisotopic (exact) mass is 232 g/mol. The Balaban J connectivity index is 2.12. The maximum Gasteiger partial charge on any atom is 0.338 e. The van der Waals surface area contributed by atoms with Gasteiger partial charge in [-0.2, -0.15) is 0 Å². The quantitative estimate of drug-likeness (QED) is 0.745. The van der Waals surface area contributed by atoms with Gasteiger partial charge in [-0.1, -0.05) is 18.2 Å². The third-order valence-electron chi connectivity index (χ3n) is 2.26. The van der Waals surface area contributed by atoms with Gasteiger partial charge in [-0.15, -0.1) is 9.94 Å². The first-order chi connectivity index (χ1) is 8.31. The van der Waals surface area contributed by atoms with Crippen molar-refractivity contribution in [1.29, 1.82) is 0 Å². The van der Waals surface area contributed by atoms with E-state index in [-0.39, 0.29) is 12.6 Å². The van der Waals surface area contributed by atoms with Crippen molar-refractivity contribution in [2.75, 3.05) is 7.11 Å². The third kappa shape index (κ3) is 2.63. The van der Waals surface area contributed by atoms with Crippen molar-refractivity contribution in [2.24, 2.45) is 0 Å². The van der Waals surface area contributed by atoms with Crippen molar-refractivity contribution in [3.63, 3.8) is 0 Å². The second kappa shape index (κ2) is 5.16. The molecule has 0 N–H and O–H groups in total. The van der Waals surface area contributed by atoms with Crippen LogP contribution >= 0.6 is 0 Å². The molecule has 0 atom stereocenters. The molecule has 17 heavy (non-hydrogen) atoms. The standard InChI is InChI=1S/C12H12N2O3/c1-16-12(15)11-6-3-2-5-10(11)9-17-14-8-4-7-13-14/h2-8H,9H2,1H3. The van der Waals surface area contributed by atoms with Crippen molar-refractivity contribution in [2.45, 2.75) is 6.61 Å². The summed E-state index contributed by atoms with van der Waals surface area (Å²) in [5.41, 5.74) is 1.26. The van der Waals surface area contributed by atoms with Gasteiger partial charge in [0, 0.05) is 5.56 Å². The number of hydrogen-bond donors (Lipinski definition) is 0. The van der Waals surface area contributed by atoms with E-state index in [1.807, 2.05) is 12.1 Å². The zero-order valence-electron chi connectivity index (χ0n) is 9.37. The second-order valence-electron chi connectivity index (χ2n) is 3.33. The fourth-order valence-corrected chi connectivity index (χ4v) is 1.42. The van der Waals surface area contributed by atoms with Gasteiger partial charge in [0.2, 0.25) is 0 Å². The number of methoxy groups -OCH3 is 1. The van der Waals surface area contributed by atoms with Gasteiger partial charge in [-0.05, 0) is 12.1 Å². The van der Waals surface area contributed by atoms with Crippen molar-refractivity contribution < 1.29 is 14.4 Å². The lowest BCUT2D eigenvalue weighted by molar-refractivity contribution is 0.0568. The molecule has 0 radical (unpaired) electrons. The number of hydrogen-bond acceptors (Lipinski definition) is 4. The smallest absolute Gasteiger partial charge is 0.338 e. The molecule has 1 aromatic carbocycles. The molecule has 1 heterocycles. The topological polar surface area (TPSA) is 53.4 Å². The van der Waals surface area contributed by atoms with Crippen LogP contribution in [0.3, 0.4) is 0 Å². The minimum absolute atomic E-state index is 0.257. The fraction of sp³-hybridized carbons (Fsp3) is 0.167. The molecule has 0 aliphatic rings. The van der Waals surface area contributed by atoms with Crippen LogP contribution in [0.25, 0.3) is 0 Å². The number of benzene rings is 1. The predicted octanol–water partition coefficient (Wildman–Crippen LogP) is 1.30. The molecule has 0 saturated heterocycles. The zero-order valence-corrected chi connectivity index (χ0v) is 9.37. The molecule has 0 unspecified atom stereocenters. The van der Waals surface area contributed by atoms with E-state index >= 15 is 0 Å². The summed E-state index contributed by atoms with van der Waals surface area (Å²) in [6.07, 6.45) is 3.30. The maximum atomic E-state index is 11.5. The fourth-order valence-electron chi connectivity index (χ4n) is 1.42. The van der Waals surface area contributed by atoms with Crippen molar-refractivity contribution >= 4 is 5.97 Å². The highest BCUT2D eigenvalue weighted by Crippen LogP contribution is 2.10. The van der Waals surface area contributed by atoms with Gasteiger partial charge in [0.05, 0.1) is 25.1 Å². The lowest BCUT2D eigenvalue weighted by atomic mass is 10.1. The summed E-state index contributed by atoms with van der Waals surface area (Å²) >= 11 is 0. The van der Waals surface area contributed by atoms with Crippen LogP contribution in [0.2, 0.25) is 0 Å². The van der Waals surface area contributed by atoms with Crippen molar-refractivity contribution in [1.82, 2.24) is 9.94 Å². The number of carbonyl (C=O) groups is 1. The Morgan fingerprint density at radius 2 is 2.18 bits per heavy atom. The minimum atomic E-state index is -0.371. The van der Waals surface area contributed by atoms with E-state index in [0.717, 1.165) is 5.56 Å². The largest absolute Gasteiger partial charge is 0.465 e. The van der Waals surface area contributed by atoms with Gasteiger partial charge in [0.25, 0.3) is 0 Å². The van der Waals surface area contributed by atoms with E-state index in [0.29, 0.717) is 5.56 Å². The van der Waals surface area contributed by atoms with Gasteiger partial charge in [0.1, 0.15) is 6.61 Å². The molecule has 88 valence electrons. The first-order valence-corrected chi connectivity index (χ1v) is 5.10. The SMILES string of the molecule is COC(=O)c1ccccc1COn1cccn1. The van der Waals surface area contributed by atoms with Crippen LogP contribution in [-0.4, -0.2) is 23.0 Å². The van der Waals surface area contributed by atoms with Crippen molar-refractivity contribution in [3.05, 3.63) is 53.9 Å². The van der Waals surface area contributed by atoms with Crippen LogP contribution in [0.5, 0.6) is 0 Å². The average molecular weight is 232 g/mol. The molecule has 0 spiro atoms. The molecule has 0 fully saturated rings. The number of aromatic nitrogens is 2. The molecule has 5 nitrogen and oxygen atoms in total. The Labute approximate surface area is 98.5 Å². The van der Waals surface area contributed by atoms with Crippen LogP contribution in [0.1, 0.15) is 15.9 Å². The lowest BCUT2D eigenvalue weighted by Gasteiger charge is -2.08. The number of nitrogens with zero attached hydrogens (tertiary/aromatic N) is 2. The van der Waals surface area contributed by atoms with Gasteiger partial charge in [-0.25, -0.2) is 4.79 Å². The van der Waals surface area contributed by atoms with E-state index in [1.165, 1.54) is 12.0 Å². The number of esters is 1. The van der Waals surface area contributed by atoms with Crippen LogP contribution in [-0.2, 0) is 11.3 Å². The summed E-state index contributed by atoms with van der Waals surface area (Å²) in [6, 6.07) is 8.90. The highest BCUT2D eigenvalue weighted by atomic mass is 16.7. The molecule has 0 bridgehead atoms. The molecular weight excluding hydrogens is 220 g/mol. The Kier molecular flexibility index (Phi) is 3.40. The van der Waals surface area contributed by atoms with Crippen LogP contribution in [0, 0.1) is 0 Å². The van der Waals surface area contributed by atoms with Crippen LogP contribution in [0.15, 0.2) is 42.7 Å². The molecule has 5 heteroatoms. The summed E-state index contributed by atoms with van der Waals surface area (Å²) in [7, 11) is 1.35. The Bertz CT molecular complexity index is 494.